The summed E-state index contributed by atoms with van der Waals surface area (Å²) in [6, 6.07) is 8.46. The Morgan fingerprint density at radius 1 is 1.28 bits per heavy atom. The second-order valence-corrected chi connectivity index (χ2v) is 4.71. The Bertz CT molecular complexity index is 776. The van der Waals surface area contributed by atoms with Crippen molar-refractivity contribution in [2.75, 3.05) is 0 Å². The molecule has 0 aliphatic rings. The first kappa shape index (κ1) is 11.2. The minimum absolute atomic E-state index is 0.188. The smallest absolute Gasteiger partial charge is 0.275 e. The lowest BCUT2D eigenvalue weighted by atomic mass is 10.2. The van der Waals surface area contributed by atoms with Crippen LogP contribution < -0.4 is 5.56 Å². The molecule has 0 radical (unpaired) electrons. The average molecular weight is 308 g/mol. The average Bonchev–Trinajstić information content (AvgIpc) is 2.71. The topological polar surface area (TPSA) is 50.2 Å². The van der Waals surface area contributed by atoms with Gasteiger partial charge in [-0.3, -0.25) is 4.79 Å². The highest BCUT2D eigenvalue weighted by Crippen LogP contribution is 2.17. The van der Waals surface area contributed by atoms with E-state index in [1.54, 1.807) is 0 Å². The lowest BCUT2D eigenvalue weighted by molar-refractivity contribution is 0.625. The quantitative estimate of drug-likeness (QED) is 0.751. The molecule has 0 saturated heterocycles. The minimum atomic E-state index is -0.485. The highest BCUT2D eigenvalue weighted by molar-refractivity contribution is 9.10. The maximum absolute atomic E-state index is 13.1. The van der Waals surface area contributed by atoms with Gasteiger partial charge in [0.1, 0.15) is 11.3 Å². The van der Waals surface area contributed by atoms with Crippen LogP contribution in [-0.2, 0) is 0 Å². The molecule has 0 spiro atoms. The number of hydrogen-bond donors (Lipinski definition) is 1. The Morgan fingerprint density at radius 3 is 2.72 bits per heavy atom. The van der Waals surface area contributed by atoms with E-state index in [-0.39, 0.29) is 11.1 Å². The first-order valence-electron chi connectivity index (χ1n) is 5.17. The van der Waals surface area contributed by atoms with Gasteiger partial charge in [-0.15, -0.1) is 5.10 Å². The molecular weight excluding hydrogens is 301 g/mol. The van der Waals surface area contributed by atoms with Gasteiger partial charge in [0.2, 0.25) is 0 Å². The molecule has 0 atom stereocenters. The third kappa shape index (κ3) is 1.84. The maximum atomic E-state index is 13.1. The number of H-pyrrole nitrogens is 1. The third-order valence-electron chi connectivity index (χ3n) is 2.56. The maximum Gasteiger partial charge on any atom is 0.275 e. The third-order valence-corrected chi connectivity index (χ3v) is 3.09. The van der Waals surface area contributed by atoms with Crippen molar-refractivity contribution in [1.82, 2.24) is 14.6 Å². The summed E-state index contributed by atoms with van der Waals surface area (Å²) in [6.07, 6.45) is 1.17. The SMILES string of the molecule is O=c1[nH]c(-c2ccc(Br)cc2)nn2cc(F)cc12. The first-order valence-corrected chi connectivity index (χ1v) is 5.97. The van der Waals surface area contributed by atoms with Crippen LogP contribution in [0, 0.1) is 5.82 Å². The van der Waals surface area contributed by atoms with E-state index in [0.717, 1.165) is 16.1 Å². The van der Waals surface area contributed by atoms with E-state index < -0.39 is 5.82 Å². The van der Waals surface area contributed by atoms with E-state index in [1.807, 2.05) is 24.3 Å². The summed E-state index contributed by atoms with van der Waals surface area (Å²) < 4.78 is 15.2. The van der Waals surface area contributed by atoms with Crippen molar-refractivity contribution in [3.63, 3.8) is 0 Å². The molecule has 3 rings (SSSR count). The van der Waals surface area contributed by atoms with Crippen molar-refractivity contribution in [3.8, 4) is 11.4 Å². The molecule has 0 bridgehead atoms. The highest BCUT2D eigenvalue weighted by Gasteiger charge is 2.07. The van der Waals surface area contributed by atoms with Crippen LogP contribution in [-0.4, -0.2) is 14.6 Å². The molecule has 0 amide bonds. The fraction of sp³-hybridized carbons (Fsp3) is 0. The Labute approximate surface area is 109 Å². The fourth-order valence-electron chi connectivity index (χ4n) is 1.71. The summed E-state index contributed by atoms with van der Waals surface area (Å²) in [5, 5.41) is 4.16. The van der Waals surface area contributed by atoms with Gasteiger partial charge in [0.25, 0.3) is 5.56 Å². The number of benzene rings is 1. The molecule has 0 fully saturated rings. The van der Waals surface area contributed by atoms with Crippen LogP contribution >= 0.6 is 15.9 Å². The van der Waals surface area contributed by atoms with E-state index in [9.17, 15) is 9.18 Å². The number of nitrogens with one attached hydrogen (secondary N) is 1. The number of aromatic nitrogens is 3. The van der Waals surface area contributed by atoms with E-state index in [4.69, 9.17) is 0 Å². The number of rotatable bonds is 1. The van der Waals surface area contributed by atoms with Gasteiger partial charge < -0.3 is 4.98 Å². The summed E-state index contributed by atoms with van der Waals surface area (Å²) in [4.78, 5) is 14.4. The number of halogens is 2. The summed E-state index contributed by atoms with van der Waals surface area (Å²) in [6.45, 7) is 0. The Kier molecular flexibility index (Phi) is 2.52. The van der Waals surface area contributed by atoms with Crippen molar-refractivity contribution < 1.29 is 4.39 Å². The molecule has 6 heteroatoms. The Hall–Kier alpha value is -1.95. The van der Waals surface area contributed by atoms with E-state index >= 15 is 0 Å². The van der Waals surface area contributed by atoms with Crippen LogP contribution in [0.4, 0.5) is 4.39 Å². The molecule has 90 valence electrons. The predicted octanol–water partition coefficient (Wildman–Crippen LogP) is 2.59. The summed E-state index contributed by atoms with van der Waals surface area (Å²) >= 11 is 3.33. The van der Waals surface area contributed by atoms with Crippen LogP contribution in [0.5, 0.6) is 0 Å². The zero-order valence-corrected chi connectivity index (χ0v) is 10.6. The molecule has 0 aliphatic heterocycles. The normalized spacial score (nSPS) is 11.0. The summed E-state index contributed by atoms with van der Waals surface area (Å²) in [5.74, 6) is -0.0865. The van der Waals surface area contributed by atoms with Crippen molar-refractivity contribution in [1.29, 1.82) is 0 Å². The zero-order valence-electron chi connectivity index (χ0n) is 9.02. The second-order valence-electron chi connectivity index (χ2n) is 3.80. The molecule has 2 heterocycles. The predicted molar refractivity (Wildman–Crippen MR) is 68.9 cm³/mol. The van der Waals surface area contributed by atoms with Gasteiger partial charge >= 0.3 is 0 Å². The van der Waals surface area contributed by atoms with Crippen molar-refractivity contribution in [3.05, 3.63) is 57.2 Å². The van der Waals surface area contributed by atoms with Crippen molar-refractivity contribution in [2.24, 2.45) is 0 Å². The molecule has 0 aliphatic carbocycles. The highest BCUT2D eigenvalue weighted by atomic mass is 79.9. The van der Waals surface area contributed by atoms with Gasteiger partial charge in [0.05, 0.1) is 6.20 Å². The molecule has 0 saturated carbocycles. The zero-order chi connectivity index (χ0) is 12.7. The number of aromatic amines is 1. The Balaban J connectivity index is 2.24. The standard InChI is InChI=1S/C12H7BrFN3O/c13-8-3-1-7(2-4-8)11-15-12(18)10-5-9(14)6-17(10)16-11/h1-6H,(H,15,16,18). The van der Waals surface area contributed by atoms with E-state index in [2.05, 4.69) is 26.0 Å². The van der Waals surface area contributed by atoms with Crippen LogP contribution in [0.1, 0.15) is 0 Å². The van der Waals surface area contributed by atoms with Gasteiger partial charge in [-0.2, -0.15) is 0 Å². The molecule has 18 heavy (non-hydrogen) atoms. The van der Waals surface area contributed by atoms with Crippen LogP contribution in [0.15, 0.2) is 45.8 Å². The molecular formula is C12H7BrFN3O. The number of nitrogens with zero attached hydrogens (tertiary/aromatic N) is 2. The van der Waals surface area contributed by atoms with Gasteiger partial charge in [0.15, 0.2) is 5.82 Å². The minimum Gasteiger partial charge on any atom is -0.303 e. The molecule has 4 nitrogen and oxygen atoms in total. The van der Waals surface area contributed by atoms with Crippen molar-refractivity contribution in [2.45, 2.75) is 0 Å². The molecule has 2 aromatic heterocycles. The van der Waals surface area contributed by atoms with Gasteiger partial charge in [0, 0.05) is 16.1 Å². The van der Waals surface area contributed by atoms with Gasteiger partial charge in [-0.05, 0) is 12.1 Å². The van der Waals surface area contributed by atoms with Gasteiger partial charge in [-0.25, -0.2) is 8.91 Å². The Morgan fingerprint density at radius 2 is 2.00 bits per heavy atom. The monoisotopic (exact) mass is 307 g/mol. The van der Waals surface area contributed by atoms with Crippen LogP contribution in [0.25, 0.3) is 16.9 Å². The van der Waals surface area contributed by atoms with Crippen LogP contribution in [0.3, 0.4) is 0 Å². The van der Waals surface area contributed by atoms with Crippen LogP contribution in [0.2, 0.25) is 0 Å². The fourth-order valence-corrected chi connectivity index (χ4v) is 1.98. The lowest BCUT2D eigenvalue weighted by Gasteiger charge is -2.01. The summed E-state index contributed by atoms with van der Waals surface area (Å²) in [5.41, 5.74) is 0.575. The number of fused-ring (bicyclic) bond motifs is 1. The molecule has 1 N–H and O–H groups in total. The van der Waals surface area contributed by atoms with E-state index in [0.29, 0.717) is 5.82 Å². The van der Waals surface area contributed by atoms with Crippen molar-refractivity contribution >= 4 is 21.4 Å². The lowest BCUT2D eigenvalue weighted by Crippen LogP contribution is -2.12. The summed E-state index contributed by atoms with van der Waals surface area (Å²) in [7, 11) is 0. The number of hydrogen-bond acceptors (Lipinski definition) is 2. The molecule has 1 aromatic carbocycles. The second kappa shape index (κ2) is 4.06. The first-order chi connectivity index (χ1) is 8.63. The van der Waals surface area contributed by atoms with E-state index in [1.165, 1.54) is 10.7 Å². The molecule has 0 unspecified atom stereocenters. The largest absolute Gasteiger partial charge is 0.303 e. The van der Waals surface area contributed by atoms with Gasteiger partial charge in [-0.1, -0.05) is 28.1 Å². The molecule has 3 aromatic rings.